The third-order valence-corrected chi connectivity index (χ3v) is 6.23. The fraction of sp³-hybridized carbons (Fsp3) is 0.480. The second kappa shape index (κ2) is 10.3. The minimum atomic E-state index is 0.676. The molecule has 0 saturated carbocycles. The van der Waals surface area contributed by atoms with Crippen LogP contribution in [0, 0.1) is 0 Å². The standard InChI is InChI=1S/C25H32ClN3O/c1-2-3-4-5-6-9-14-28-15-17-29(18-16-28)25-21-10-7-8-11-23(21)30-24-13-12-20(26)19-22(24)27-25/h7-8,10-13,19H,2-6,9,14-18H2,1H3. The van der Waals surface area contributed by atoms with E-state index in [4.69, 9.17) is 21.3 Å². The molecule has 0 atom stereocenters. The fourth-order valence-corrected chi connectivity index (χ4v) is 4.40. The van der Waals surface area contributed by atoms with E-state index in [1.807, 2.05) is 30.3 Å². The summed E-state index contributed by atoms with van der Waals surface area (Å²) in [7, 11) is 0. The van der Waals surface area contributed by atoms with Crippen molar-refractivity contribution in [3.05, 3.63) is 53.1 Å². The molecule has 1 saturated heterocycles. The molecule has 2 heterocycles. The summed E-state index contributed by atoms with van der Waals surface area (Å²) in [6.45, 7) is 7.62. The Balaban J connectivity index is 1.42. The van der Waals surface area contributed by atoms with Crippen molar-refractivity contribution in [3.8, 4) is 11.5 Å². The van der Waals surface area contributed by atoms with Crippen molar-refractivity contribution in [1.29, 1.82) is 0 Å². The van der Waals surface area contributed by atoms with Gasteiger partial charge in [-0.25, -0.2) is 4.99 Å². The number of rotatable bonds is 7. The molecule has 2 aromatic rings. The zero-order chi connectivity index (χ0) is 20.8. The molecule has 0 N–H and O–H groups in total. The number of aliphatic imine (C=N–C) groups is 1. The number of amidine groups is 1. The maximum Gasteiger partial charge on any atom is 0.153 e. The predicted octanol–water partition coefficient (Wildman–Crippen LogP) is 6.50. The average Bonchev–Trinajstić information content (AvgIpc) is 2.93. The number of piperazine rings is 1. The Morgan fingerprint density at radius 2 is 1.67 bits per heavy atom. The topological polar surface area (TPSA) is 28.1 Å². The summed E-state index contributed by atoms with van der Waals surface area (Å²) in [5, 5.41) is 0.676. The van der Waals surface area contributed by atoms with Crippen LogP contribution in [0.3, 0.4) is 0 Å². The number of benzene rings is 2. The van der Waals surface area contributed by atoms with E-state index in [2.05, 4.69) is 28.9 Å². The smallest absolute Gasteiger partial charge is 0.153 e. The van der Waals surface area contributed by atoms with Gasteiger partial charge in [-0.1, -0.05) is 62.8 Å². The van der Waals surface area contributed by atoms with Gasteiger partial charge in [-0.15, -0.1) is 0 Å². The van der Waals surface area contributed by atoms with Crippen LogP contribution in [-0.2, 0) is 0 Å². The number of para-hydroxylation sites is 1. The van der Waals surface area contributed by atoms with E-state index in [0.717, 1.165) is 54.8 Å². The number of halogens is 1. The highest BCUT2D eigenvalue weighted by molar-refractivity contribution is 6.31. The third kappa shape index (κ3) is 5.16. The molecule has 0 amide bonds. The molecule has 4 rings (SSSR count). The summed E-state index contributed by atoms with van der Waals surface area (Å²) in [6, 6.07) is 13.8. The Bertz CT molecular complexity index is 874. The molecule has 0 aromatic heterocycles. The number of nitrogens with zero attached hydrogens (tertiary/aromatic N) is 3. The van der Waals surface area contributed by atoms with Gasteiger partial charge in [-0.2, -0.15) is 0 Å². The first-order valence-electron chi connectivity index (χ1n) is 11.4. The van der Waals surface area contributed by atoms with Crippen LogP contribution >= 0.6 is 11.6 Å². The molecule has 0 unspecified atom stereocenters. The van der Waals surface area contributed by atoms with E-state index >= 15 is 0 Å². The van der Waals surface area contributed by atoms with Crippen LogP contribution in [0.4, 0.5) is 5.69 Å². The van der Waals surface area contributed by atoms with Gasteiger partial charge < -0.3 is 9.64 Å². The quantitative estimate of drug-likeness (QED) is 0.474. The molecule has 0 radical (unpaired) electrons. The maximum absolute atomic E-state index is 6.24. The molecule has 2 aliphatic heterocycles. The first kappa shape index (κ1) is 21.2. The normalized spacial score (nSPS) is 16.3. The van der Waals surface area contributed by atoms with Gasteiger partial charge in [-0.3, -0.25) is 4.90 Å². The van der Waals surface area contributed by atoms with Crippen molar-refractivity contribution in [1.82, 2.24) is 9.80 Å². The van der Waals surface area contributed by atoms with Gasteiger partial charge in [-0.05, 0) is 43.3 Å². The molecule has 2 aromatic carbocycles. The van der Waals surface area contributed by atoms with E-state index in [-0.39, 0.29) is 0 Å². The molecule has 30 heavy (non-hydrogen) atoms. The lowest BCUT2D eigenvalue weighted by molar-refractivity contribution is 0.179. The molecule has 2 aliphatic rings. The number of hydrogen-bond acceptors (Lipinski definition) is 4. The number of hydrogen-bond donors (Lipinski definition) is 0. The molecule has 4 nitrogen and oxygen atoms in total. The van der Waals surface area contributed by atoms with E-state index in [1.54, 1.807) is 0 Å². The van der Waals surface area contributed by atoms with Crippen LogP contribution in [0.5, 0.6) is 11.5 Å². The average molecular weight is 426 g/mol. The van der Waals surface area contributed by atoms with Gasteiger partial charge in [0.15, 0.2) is 5.75 Å². The van der Waals surface area contributed by atoms with Gasteiger partial charge >= 0.3 is 0 Å². The van der Waals surface area contributed by atoms with Crippen molar-refractivity contribution in [2.75, 3.05) is 32.7 Å². The summed E-state index contributed by atoms with van der Waals surface area (Å²) in [5.74, 6) is 2.60. The molecule has 0 aliphatic carbocycles. The van der Waals surface area contributed by atoms with E-state index < -0.39 is 0 Å². The monoisotopic (exact) mass is 425 g/mol. The number of fused-ring (bicyclic) bond motifs is 2. The minimum absolute atomic E-state index is 0.676. The highest BCUT2D eigenvalue weighted by Gasteiger charge is 2.25. The van der Waals surface area contributed by atoms with E-state index in [0.29, 0.717) is 5.02 Å². The van der Waals surface area contributed by atoms with Crippen LogP contribution in [0.15, 0.2) is 47.5 Å². The number of ether oxygens (including phenoxy) is 1. The van der Waals surface area contributed by atoms with Crippen LogP contribution in [0.1, 0.15) is 51.0 Å². The molecular formula is C25H32ClN3O. The number of unbranched alkanes of at least 4 members (excludes halogenated alkanes) is 5. The molecular weight excluding hydrogens is 394 g/mol. The zero-order valence-corrected chi connectivity index (χ0v) is 18.7. The Labute approximate surface area is 185 Å². The first-order chi connectivity index (χ1) is 14.7. The summed E-state index contributed by atoms with van der Waals surface area (Å²) >= 11 is 6.24. The lowest BCUT2D eigenvalue weighted by Crippen LogP contribution is -2.49. The summed E-state index contributed by atoms with van der Waals surface area (Å²) < 4.78 is 6.18. The molecule has 0 bridgehead atoms. The predicted molar refractivity (Wildman–Crippen MR) is 126 cm³/mol. The van der Waals surface area contributed by atoms with Crippen molar-refractivity contribution >= 4 is 23.1 Å². The van der Waals surface area contributed by atoms with Gasteiger partial charge in [0, 0.05) is 31.2 Å². The highest BCUT2D eigenvalue weighted by atomic mass is 35.5. The summed E-state index contributed by atoms with van der Waals surface area (Å²) in [4.78, 5) is 10.0. The van der Waals surface area contributed by atoms with Gasteiger partial charge in [0.25, 0.3) is 0 Å². The largest absolute Gasteiger partial charge is 0.454 e. The minimum Gasteiger partial charge on any atom is -0.454 e. The molecule has 1 fully saturated rings. The Morgan fingerprint density at radius 1 is 0.900 bits per heavy atom. The van der Waals surface area contributed by atoms with E-state index in [1.165, 1.54) is 45.1 Å². The Kier molecular flexibility index (Phi) is 7.29. The third-order valence-electron chi connectivity index (χ3n) is 5.99. The Morgan fingerprint density at radius 3 is 2.50 bits per heavy atom. The SMILES string of the molecule is CCCCCCCCN1CCN(C2=Nc3cc(Cl)ccc3Oc3ccccc32)CC1. The zero-order valence-electron chi connectivity index (χ0n) is 17.9. The van der Waals surface area contributed by atoms with E-state index in [9.17, 15) is 0 Å². The van der Waals surface area contributed by atoms with Crippen LogP contribution in [-0.4, -0.2) is 48.4 Å². The fourth-order valence-electron chi connectivity index (χ4n) is 4.24. The summed E-state index contributed by atoms with van der Waals surface area (Å²) in [6.07, 6.45) is 8.12. The molecule has 160 valence electrons. The molecule has 5 heteroatoms. The highest BCUT2D eigenvalue weighted by Crippen LogP contribution is 2.39. The van der Waals surface area contributed by atoms with Crippen molar-refractivity contribution in [2.24, 2.45) is 4.99 Å². The van der Waals surface area contributed by atoms with Gasteiger partial charge in [0.1, 0.15) is 17.3 Å². The van der Waals surface area contributed by atoms with Gasteiger partial charge in [0.05, 0.1) is 5.56 Å². The molecule has 0 spiro atoms. The van der Waals surface area contributed by atoms with Crippen molar-refractivity contribution in [3.63, 3.8) is 0 Å². The van der Waals surface area contributed by atoms with Crippen LogP contribution < -0.4 is 4.74 Å². The second-order valence-electron chi connectivity index (χ2n) is 8.24. The van der Waals surface area contributed by atoms with Crippen LogP contribution in [0.2, 0.25) is 5.02 Å². The Hall–Kier alpha value is -2.04. The lowest BCUT2D eigenvalue weighted by atomic mass is 10.1. The maximum atomic E-state index is 6.24. The lowest BCUT2D eigenvalue weighted by Gasteiger charge is -2.36. The van der Waals surface area contributed by atoms with Crippen molar-refractivity contribution < 1.29 is 4.74 Å². The summed E-state index contributed by atoms with van der Waals surface area (Å²) in [5.41, 5.74) is 1.84. The van der Waals surface area contributed by atoms with Gasteiger partial charge in [0.2, 0.25) is 0 Å². The van der Waals surface area contributed by atoms with Crippen molar-refractivity contribution in [2.45, 2.75) is 45.4 Å². The first-order valence-corrected chi connectivity index (χ1v) is 11.7. The second-order valence-corrected chi connectivity index (χ2v) is 8.68. The van der Waals surface area contributed by atoms with Crippen LogP contribution in [0.25, 0.3) is 0 Å².